The first-order chi connectivity index (χ1) is 6.15. The second-order valence-electron chi connectivity index (χ2n) is 4.58. The Hall–Kier alpha value is -0.300. The molecule has 0 radical (unpaired) electrons. The van der Waals surface area contributed by atoms with Gasteiger partial charge in [-0.15, -0.1) is 0 Å². The molecule has 1 heteroatoms. The van der Waals surface area contributed by atoms with Crippen LogP contribution in [-0.2, 0) is 0 Å². The van der Waals surface area contributed by atoms with Gasteiger partial charge in [-0.05, 0) is 32.1 Å². The first-order valence-electron chi connectivity index (χ1n) is 5.50. The molecular formula is C12H23N. The maximum atomic E-state index is 2.60. The quantitative estimate of drug-likeness (QED) is 0.592. The Balaban J connectivity index is 2.50. The van der Waals surface area contributed by atoms with E-state index in [2.05, 4.69) is 44.7 Å². The monoisotopic (exact) mass is 181 g/mol. The molecule has 76 valence electrons. The van der Waals surface area contributed by atoms with Crippen molar-refractivity contribution in [3.63, 3.8) is 0 Å². The second kappa shape index (κ2) is 4.80. The first-order valence-corrected chi connectivity index (χ1v) is 5.50. The topological polar surface area (TPSA) is 3.24 Å². The molecule has 13 heavy (non-hydrogen) atoms. The molecule has 3 atom stereocenters. The molecule has 1 aliphatic rings. The lowest BCUT2D eigenvalue weighted by Crippen LogP contribution is -2.45. The molecule has 0 bridgehead atoms. The fourth-order valence-electron chi connectivity index (χ4n) is 2.31. The molecule has 0 amide bonds. The lowest BCUT2D eigenvalue weighted by atomic mass is 9.86. The summed E-state index contributed by atoms with van der Waals surface area (Å²) in [6.07, 6.45) is 5.81. The molecule has 1 heterocycles. The Bertz CT molecular complexity index is 174. The molecule has 0 spiro atoms. The van der Waals surface area contributed by atoms with E-state index in [-0.39, 0.29) is 0 Å². The van der Waals surface area contributed by atoms with E-state index in [9.17, 15) is 0 Å². The van der Waals surface area contributed by atoms with E-state index in [4.69, 9.17) is 0 Å². The third-order valence-electron chi connectivity index (χ3n) is 3.30. The largest absolute Gasteiger partial charge is 0.296 e. The van der Waals surface area contributed by atoms with Crippen molar-refractivity contribution in [2.24, 2.45) is 11.8 Å². The van der Waals surface area contributed by atoms with Gasteiger partial charge in [-0.1, -0.05) is 26.0 Å². The van der Waals surface area contributed by atoms with Crippen LogP contribution < -0.4 is 0 Å². The van der Waals surface area contributed by atoms with Crippen molar-refractivity contribution < 1.29 is 0 Å². The molecule has 1 saturated heterocycles. The lowest BCUT2D eigenvalue weighted by Gasteiger charge is -2.40. The third-order valence-corrected chi connectivity index (χ3v) is 3.30. The van der Waals surface area contributed by atoms with Gasteiger partial charge in [-0.25, -0.2) is 0 Å². The fourth-order valence-corrected chi connectivity index (χ4v) is 2.31. The summed E-state index contributed by atoms with van der Waals surface area (Å²) in [6.45, 7) is 11.6. The van der Waals surface area contributed by atoms with Gasteiger partial charge in [0.25, 0.3) is 0 Å². The standard InChI is InChI=1S/C12H23N/c1-5-6-7-13-9-10(2)8-11(3)12(13)4/h5-6,10-12H,7-9H2,1-4H3/b6-5+. The van der Waals surface area contributed by atoms with Crippen LogP contribution in [0.3, 0.4) is 0 Å². The Kier molecular flexibility index (Phi) is 3.98. The van der Waals surface area contributed by atoms with Gasteiger partial charge in [0.15, 0.2) is 0 Å². The smallest absolute Gasteiger partial charge is 0.0166 e. The number of rotatable bonds is 2. The fraction of sp³-hybridized carbons (Fsp3) is 0.833. The third kappa shape index (κ3) is 2.84. The van der Waals surface area contributed by atoms with E-state index in [1.807, 2.05) is 0 Å². The summed E-state index contributed by atoms with van der Waals surface area (Å²) in [5.41, 5.74) is 0. The number of allylic oxidation sites excluding steroid dienone is 1. The zero-order valence-electron chi connectivity index (χ0n) is 9.46. The lowest BCUT2D eigenvalue weighted by molar-refractivity contribution is 0.0915. The molecule has 3 unspecified atom stereocenters. The zero-order chi connectivity index (χ0) is 9.84. The van der Waals surface area contributed by atoms with Crippen molar-refractivity contribution in [1.29, 1.82) is 0 Å². The van der Waals surface area contributed by atoms with Crippen molar-refractivity contribution in [1.82, 2.24) is 4.90 Å². The number of likely N-dealkylation sites (tertiary alicyclic amines) is 1. The minimum atomic E-state index is 0.757. The molecule has 0 aromatic heterocycles. The SMILES string of the molecule is C/C=C/CN1CC(C)CC(C)C1C. The zero-order valence-corrected chi connectivity index (χ0v) is 9.46. The average molecular weight is 181 g/mol. The van der Waals surface area contributed by atoms with Crippen LogP contribution in [0.25, 0.3) is 0 Å². The van der Waals surface area contributed by atoms with Crippen LogP contribution in [0.4, 0.5) is 0 Å². The van der Waals surface area contributed by atoms with E-state index in [0.717, 1.165) is 24.4 Å². The van der Waals surface area contributed by atoms with Crippen molar-refractivity contribution >= 4 is 0 Å². The van der Waals surface area contributed by atoms with Crippen LogP contribution in [0.5, 0.6) is 0 Å². The Morgan fingerprint density at radius 2 is 2.00 bits per heavy atom. The summed E-state index contributed by atoms with van der Waals surface area (Å²) in [5.74, 6) is 1.73. The molecule has 0 saturated carbocycles. The molecule has 0 aromatic rings. The highest BCUT2D eigenvalue weighted by Gasteiger charge is 2.27. The molecule has 1 fully saturated rings. The van der Waals surface area contributed by atoms with Gasteiger partial charge in [-0.2, -0.15) is 0 Å². The molecule has 1 rings (SSSR count). The van der Waals surface area contributed by atoms with Crippen LogP contribution in [0.1, 0.15) is 34.1 Å². The predicted octanol–water partition coefficient (Wildman–Crippen LogP) is 2.93. The van der Waals surface area contributed by atoms with Crippen LogP contribution in [0.2, 0.25) is 0 Å². The molecular weight excluding hydrogens is 158 g/mol. The van der Waals surface area contributed by atoms with Crippen molar-refractivity contribution in [2.75, 3.05) is 13.1 Å². The van der Waals surface area contributed by atoms with Gasteiger partial charge in [0.2, 0.25) is 0 Å². The highest BCUT2D eigenvalue weighted by atomic mass is 15.2. The summed E-state index contributed by atoms with van der Waals surface area (Å²) in [4.78, 5) is 2.60. The summed E-state index contributed by atoms with van der Waals surface area (Å²) in [6, 6.07) is 0.757. The second-order valence-corrected chi connectivity index (χ2v) is 4.58. The van der Waals surface area contributed by atoms with Crippen molar-refractivity contribution in [3.05, 3.63) is 12.2 Å². The van der Waals surface area contributed by atoms with E-state index in [0.29, 0.717) is 0 Å². The normalized spacial score (nSPS) is 37.1. The van der Waals surface area contributed by atoms with Crippen LogP contribution >= 0.6 is 0 Å². The van der Waals surface area contributed by atoms with E-state index >= 15 is 0 Å². The number of nitrogens with zero attached hydrogens (tertiary/aromatic N) is 1. The first kappa shape index (κ1) is 10.8. The highest BCUT2D eigenvalue weighted by molar-refractivity contribution is 4.88. The predicted molar refractivity (Wildman–Crippen MR) is 58.8 cm³/mol. The van der Waals surface area contributed by atoms with Gasteiger partial charge in [-0.3, -0.25) is 4.90 Å². The number of hydrogen-bond acceptors (Lipinski definition) is 1. The van der Waals surface area contributed by atoms with Gasteiger partial charge >= 0.3 is 0 Å². The Morgan fingerprint density at radius 3 is 2.62 bits per heavy atom. The number of piperidine rings is 1. The summed E-state index contributed by atoms with van der Waals surface area (Å²) >= 11 is 0. The van der Waals surface area contributed by atoms with Crippen molar-refractivity contribution in [3.8, 4) is 0 Å². The maximum absolute atomic E-state index is 2.60. The Labute approximate surface area is 82.8 Å². The maximum Gasteiger partial charge on any atom is 0.0166 e. The minimum absolute atomic E-state index is 0.757. The Morgan fingerprint density at radius 1 is 1.31 bits per heavy atom. The molecule has 1 aliphatic heterocycles. The van der Waals surface area contributed by atoms with Gasteiger partial charge in [0.1, 0.15) is 0 Å². The van der Waals surface area contributed by atoms with E-state index in [1.54, 1.807) is 0 Å². The van der Waals surface area contributed by atoms with Gasteiger partial charge in [0, 0.05) is 19.1 Å². The number of hydrogen-bond donors (Lipinski definition) is 0. The van der Waals surface area contributed by atoms with Crippen LogP contribution in [0.15, 0.2) is 12.2 Å². The molecule has 1 nitrogen and oxygen atoms in total. The molecule has 0 N–H and O–H groups in total. The van der Waals surface area contributed by atoms with E-state index in [1.165, 1.54) is 13.0 Å². The van der Waals surface area contributed by atoms with Crippen LogP contribution in [0, 0.1) is 11.8 Å². The van der Waals surface area contributed by atoms with Gasteiger partial charge < -0.3 is 0 Å². The highest BCUT2D eigenvalue weighted by Crippen LogP contribution is 2.26. The van der Waals surface area contributed by atoms with Crippen LogP contribution in [-0.4, -0.2) is 24.0 Å². The summed E-state index contributed by atoms with van der Waals surface area (Å²) in [7, 11) is 0. The summed E-state index contributed by atoms with van der Waals surface area (Å²) in [5, 5.41) is 0. The van der Waals surface area contributed by atoms with Gasteiger partial charge in [0.05, 0.1) is 0 Å². The minimum Gasteiger partial charge on any atom is -0.296 e. The molecule has 0 aliphatic carbocycles. The van der Waals surface area contributed by atoms with Crippen molar-refractivity contribution in [2.45, 2.75) is 40.2 Å². The summed E-state index contributed by atoms with van der Waals surface area (Å²) < 4.78 is 0. The molecule has 0 aromatic carbocycles. The average Bonchev–Trinajstić information content (AvgIpc) is 2.09. The van der Waals surface area contributed by atoms with E-state index < -0.39 is 0 Å².